The van der Waals surface area contributed by atoms with Crippen LogP contribution in [0.5, 0.6) is 6.01 Å². The largest absolute Gasteiger partial charge is 0.454 e. The van der Waals surface area contributed by atoms with Gasteiger partial charge in [-0.25, -0.2) is 4.72 Å². The van der Waals surface area contributed by atoms with E-state index in [1.54, 1.807) is 36.4 Å². The van der Waals surface area contributed by atoms with Gasteiger partial charge in [0.15, 0.2) is 12.4 Å². The van der Waals surface area contributed by atoms with Gasteiger partial charge in [-0.1, -0.05) is 48.0 Å². The number of nitrogens with zero attached hydrogens (tertiary/aromatic N) is 4. The molecule has 1 fully saturated rings. The molecule has 1 aliphatic rings. The van der Waals surface area contributed by atoms with E-state index in [0.29, 0.717) is 29.0 Å². The van der Waals surface area contributed by atoms with Crippen molar-refractivity contribution in [2.45, 2.75) is 75.9 Å². The van der Waals surface area contributed by atoms with Crippen LogP contribution < -0.4 is 14.8 Å². The molecule has 0 atom stereocenters. The standard InChI is InChI=1S/C33H38ClF3N6O6S/c1-43(2)50(47,48)42-29(46)9-5-7-26(44)6-3-4-8-27(45)23-12-10-22(11-13-23)20-28-38-30(40-31(39-28)49-21-33(35,36)37)41-32(18-19-32)24-14-16-25(34)17-15-24/h10-17H,3-9,18-21H2,1-2H3,(H,42,46)(H,38,39,40,41). The normalized spacial score (nSPS) is 13.9. The van der Waals surface area contributed by atoms with Gasteiger partial charge in [-0.15, -0.1) is 0 Å². The number of carbonyl (C=O) groups is 3. The predicted molar refractivity (Wildman–Crippen MR) is 179 cm³/mol. The van der Waals surface area contributed by atoms with Crippen molar-refractivity contribution >= 4 is 45.2 Å². The number of alkyl halides is 3. The smallest absolute Gasteiger partial charge is 0.422 e. The highest BCUT2D eigenvalue weighted by molar-refractivity contribution is 7.87. The molecule has 1 saturated carbocycles. The Balaban J connectivity index is 1.28. The Morgan fingerprint density at radius 3 is 2.16 bits per heavy atom. The first-order valence-corrected chi connectivity index (χ1v) is 17.7. The summed E-state index contributed by atoms with van der Waals surface area (Å²) in [7, 11) is -1.28. The lowest BCUT2D eigenvalue weighted by atomic mass is 10.0. The number of Topliss-reactive ketones (excluding diaryl/α,β-unsaturated/α-hetero) is 2. The average molecular weight is 739 g/mol. The van der Waals surface area contributed by atoms with E-state index >= 15 is 0 Å². The quantitative estimate of drug-likeness (QED) is 0.118. The van der Waals surface area contributed by atoms with Crippen LogP contribution in [-0.2, 0) is 31.8 Å². The van der Waals surface area contributed by atoms with Crippen molar-refractivity contribution < 1.29 is 40.7 Å². The monoisotopic (exact) mass is 738 g/mol. The van der Waals surface area contributed by atoms with E-state index in [1.807, 2.05) is 16.9 Å². The summed E-state index contributed by atoms with van der Waals surface area (Å²) in [5.41, 5.74) is 1.62. The van der Waals surface area contributed by atoms with Gasteiger partial charge in [0.1, 0.15) is 11.6 Å². The molecule has 0 radical (unpaired) electrons. The zero-order valence-corrected chi connectivity index (χ0v) is 29.1. The van der Waals surface area contributed by atoms with Gasteiger partial charge in [-0.3, -0.25) is 14.4 Å². The number of ketones is 2. The maximum Gasteiger partial charge on any atom is 0.422 e. The summed E-state index contributed by atoms with van der Waals surface area (Å²) in [6.07, 6.45) is -1.27. The van der Waals surface area contributed by atoms with E-state index in [0.717, 1.165) is 22.7 Å². The molecule has 1 amide bonds. The van der Waals surface area contributed by atoms with Gasteiger partial charge >= 0.3 is 22.4 Å². The number of unbranched alkanes of at least 4 members (excludes halogenated alkanes) is 1. The maximum atomic E-state index is 12.9. The van der Waals surface area contributed by atoms with Gasteiger partial charge in [-0.2, -0.15) is 40.8 Å². The van der Waals surface area contributed by atoms with Crippen molar-refractivity contribution in [3.63, 3.8) is 0 Å². The second-order valence-corrected chi connectivity index (χ2v) is 14.5. The fourth-order valence-electron chi connectivity index (χ4n) is 4.94. The van der Waals surface area contributed by atoms with E-state index < -0.39 is 40.4 Å². The van der Waals surface area contributed by atoms with Crippen molar-refractivity contribution in [1.82, 2.24) is 24.0 Å². The number of rotatable bonds is 19. The predicted octanol–water partition coefficient (Wildman–Crippen LogP) is 5.56. The summed E-state index contributed by atoms with van der Waals surface area (Å²) >= 11 is 6.02. The van der Waals surface area contributed by atoms with Crippen LogP contribution in [0.2, 0.25) is 5.02 Å². The van der Waals surface area contributed by atoms with E-state index in [2.05, 4.69) is 20.3 Å². The number of hydrogen-bond acceptors (Lipinski definition) is 10. The minimum absolute atomic E-state index is 0.0749. The molecule has 1 heterocycles. The molecule has 2 aromatic carbocycles. The fourth-order valence-corrected chi connectivity index (χ4v) is 5.64. The molecule has 0 unspecified atom stereocenters. The van der Waals surface area contributed by atoms with Crippen LogP contribution in [0.3, 0.4) is 0 Å². The third-order valence-corrected chi connectivity index (χ3v) is 9.55. The summed E-state index contributed by atoms with van der Waals surface area (Å²) in [6, 6.07) is 13.5. The number of ether oxygens (including phenoxy) is 1. The lowest BCUT2D eigenvalue weighted by molar-refractivity contribution is -0.154. The number of nitrogens with one attached hydrogen (secondary N) is 2. The highest BCUT2D eigenvalue weighted by Crippen LogP contribution is 2.48. The minimum atomic E-state index is -4.58. The zero-order valence-electron chi connectivity index (χ0n) is 27.6. The number of anilines is 1. The molecule has 0 saturated heterocycles. The first kappa shape index (κ1) is 38.6. The molecule has 0 bridgehead atoms. The lowest BCUT2D eigenvalue weighted by Crippen LogP contribution is -2.39. The van der Waals surface area contributed by atoms with Crippen molar-refractivity contribution in [2.24, 2.45) is 0 Å². The summed E-state index contributed by atoms with van der Waals surface area (Å²) in [5, 5.41) is 3.81. The van der Waals surface area contributed by atoms with Crippen LogP contribution in [0, 0.1) is 0 Å². The molecule has 1 aromatic heterocycles. The van der Waals surface area contributed by atoms with Crippen LogP contribution in [0.1, 0.15) is 85.1 Å². The average Bonchev–Trinajstić information content (AvgIpc) is 3.82. The highest BCUT2D eigenvalue weighted by atomic mass is 35.5. The van der Waals surface area contributed by atoms with E-state index in [4.69, 9.17) is 16.3 Å². The first-order chi connectivity index (χ1) is 23.5. The number of carbonyl (C=O) groups excluding carboxylic acids is 3. The second-order valence-electron chi connectivity index (χ2n) is 12.2. The Kier molecular flexibility index (Phi) is 12.9. The molecule has 2 N–H and O–H groups in total. The molecular formula is C33H38ClF3N6O6S. The summed E-state index contributed by atoms with van der Waals surface area (Å²) < 4.78 is 69.7. The van der Waals surface area contributed by atoms with Crippen molar-refractivity contribution in [3.8, 4) is 6.01 Å². The van der Waals surface area contributed by atoms with Crippen molar-refractivity contribution in [1.29, 1.82) is 0 Å². The van der Waals surface area contributed by atoms with Crippen LogP contribution in [0.25, 0.3) is 0 Å². The van der Waals surface area contributed by atoms with Crippen LogP contribution in [-0.4, -0.2) is 72.0 Å². The van der Waals surface area contributed by atoms with Gasteiger partial charge in [0.05, 0.1) is 5.54 Å². The molecule has 1 aliphatic carbocycles. The van der Waals surface area contributed by atoms with E-state index in [-0.39, 0.29) is 61.9 Å². The number of amides is 1. The Morgan fingerprint density at radius 1 is 0.900 bits per heavy atom. The van der Waals surface area contributed by atoms with E-state index in [1.165, 1.54) is 14.1 Å². The van der Waals surface area contributed by atoms with Crippen molar-refractivity contribution in [3.05, 3.63) is 76.1 Å². The molecule has 0 spiro atoms. The topological polar surface area (TPSA) is 161 Å². The number of benzene rings is 2. The third-order valence-electron chi connectivity index (χ3n) is 7.85. The van der Waals surface area contributed by atoms with E-state index in [9.17, 15) is 36.0 Å². The van der Waals surface area contributed by atoms with Gasteiger partial charge in [-0.05, 0) is 55.4 Å². The number of hydrogen-bond donors (Lipinski definition) is 2. The molecule has 270 valence electrons. The Morgan fingerprint density at radius 2 is 1.54 bits per heavy atom. The highest BCUT2D eigenvalue weighted by Gasteiger charge is 2.45. The summed E-state index contributed by atoms with van der Waals surface area (Å²) in [5.74, 6) is -0.629. The third kappa shape index (κ3) is 12.0. The minimum Gasteiger partial charge on any atom is -0.454 e. The molecular weight excluding hydrogens is 701 g/mol. The molecule has 17 heteroatoms. The number of halogens is 4. The molecule has 12 nitrogen and oxygen atoms in total. The molecule has 0 aliphatic heterocycles. The van der Waals surface area contributed by atoms with Crippen LogP contribution in [0.4, 0.5) is 19.1 Å². The van der Waals surface area contributed by atoms with Crippen LogP contribution in [0.15, 0.2) is 48.5 Å². The van der Waals surface area contributed by atoms with Gasteiger partial charge < -0.3 is 10.1 Å². The van der Waals surface area contributed by atoms with Gasteiger partial charge in [0, 0.05) is 56.8 Å². The maximum absolute atomic E-state index is 12.9. The zero-order chi connectivity index (χ0) is 36.5. The molecule has 4 rings (SSSR count). The van der Waals surface area contributed by atoms with Gasteiger partial charge in [0.25, 0.3) is 0 Å². The Bertz CT molecular complexity index is 1770. The molecule has 3 aromatic rings. The first-order valence-electron chi connectivity index (χ1n) is 15.9. The second kappa shape index (κ2) is 16.7. The lowest BCUT2D eigenvalue weighted by Gasteiger charge is -2.19. The van der Waals surface area contributed by atoms with Crippen LogP contribution >= 0.6 is 11.6 Å². The number of aromatic nitrogens is 3. The fraction of sp³-hybridized carbons (Fsp3) is 0.455. The SMILES string of the molecule is CN(C)S(=O)(=O)NC(=O)CCCC(=O)CCCCC(=O)c1ccc(Cc2nc(NC3(c4ccc(Cl)cc4)CC3)nc(OCC(F)(F)F)n2)cc1. The molecule has 50 heavy (non-hydrogen) atoms. The van der Waals surface area contributed by atoms with Gasteiger partial charge in [0.2, 0.25) is 11.9 Å². The summed E-state index contributed by atoms with van der Waals surface area (Å²) in [4.78, 5) is 49.3. The van der Waals surface area contributed by atoms with Crippen molar-refractivity contribution in [2.75, 3.05) is 26.0 Å². The summed E-state index contributed by atoms with van der Waals surface area (Å²) in [6.45, 7) is -1.56. The Hall–Kier alpha value is -4.15. The Labute approximate surface area is 293 Å².